The van der Waals surface area contributed by atoms with Crippen LogP contribution in [0.15, 0.2) is 48.5 Å². The lowest BCUT2D eigenvalue weighted by atomic mass is 10.1. The summed E-state index contributed by atoms with van der Waals surface area (Å²) in [6, 6.07) is 14.4. The zero-order valence-corrected chi connectivity index (χ0v) is 14.1. The first-order chi connectivity index (χ1) is 11.6. The first-order valence-corrected chi connectivity index (χ1v) is 8.10. The predicted octanol–water partition coefficient (Wildman–Crippen LogP) is 4.57. The second kappa shape index (κ2) is 6.72. The summed E-state index contributed by atoms with van der Waals surface area (Å²) in [4.78, 5) is 16.6. The van der Waals surface area contributed by atoms with Crippen LogP contribution in [0.4, 0.5) is 10.8 Å². The minimum Gasteiger partial charge on any atom is -0.497 e. The molecule has 3 rings (SSSR count). The van der Waals surface area contributed by atoms with Crippen molar-refractivity contribution in [2.24, 2.45) is 0 Å². The lowest BCUT2D eigenvalue weighted by Gasteiger charge is -2.03. The zero-order valence-electron chi connectivity index (χ0n) is 13.2. The molecule has 1 aromatic heterocycles. The van der Waals surface area contributed by atoms with Crippen LogP contribution in [-0.4, -0.2) is 23.2 Å². The van der Waals surface area contributed by atoms with E-state index in [0.717, 1.165) is 32.7 Å². The number of carbonyl (C=O) groups is 1. The summed E-state index contributed by atoms with van der Waals surface area (Å²) < 4.78 is 5.17. The number of nitrogens with zero attached hydrogens (tertiary/aromatic N) is 1. The van der Waals surface area contributed by atoms with Gasteiger partial charge >= 0.3 is 5.97 Å². The van der Waals surface area contributed by atoms with Crippen LogP contribution < -0.4 is 10.1 Å². The van der Waals surface area contributed by atoms with E-state index in [4.69, 9.17) is 9.84 Å². The van der Waals surface area contributed by atoms with Gasteiger partial charge in [0.2, 0.25) is 0 Å². The lowest BCUT2D eigenvalue weighted by Crippen LogP contribution is -1.96. The van der Waals surface area contributed by atoms with Crippen LogP contribution in [0, 0.1) is 6.92 Å². The number of carboxylic acid groups (broad SMARTS) is 1. The monoisotopic (exact) mass is 340 g/mol. The van der Waals surface area contributed by atoms with E-state index in [0.29, 0.717) is 0 Å². The molecule has 0 atom stereocenters. The van der Waals surface area contributed by atoms with Gasteiger partial charge in [0.15, 0.2) is 5.13 Å². The summed E-state index contributed by atoms with van der Waals surface area (Å²) in [5, 5.41) is 12.9. The standard InChI is InChI=1S/C18H16N2O3S/c1-11-16(12-5-9-15(23-2)10-6-12)20-18(24-11)19-14-7-3-13(4-8-14)17(21)22/h3-10H,1-2H3,(H,19,20)(H,21,22). The molecule has 0 radical (unpaired) electrons. The van der Waals surface area contributed by atoms with Gasteiger partial charge in [-0.3, -0.25) is 0 Å². The van der Waals surface area contributed by atoms with E-state index in [1.165, 1.54) is 0 Å². The van der Waals surface area contributed by atoms with E-state index >= 15 is 0 Å². The van der Waals surface area contributed by atoms with Crippen molar-refractivity contribution in [3.05, 3.63) is 59.0 Å². The summed E-state index contributed by atoms with van der Waals surface area (Å²) in [5.74, 6) is -0.128. The van der Waals surface area contributed by atoms with Crippen LogP contribution >= 0.6 is 11.3 Å². The SMILES string of the molecule is COc1ccc(-c2nc(Nc3ccc(C(=O)O)cc3)sc2C)cc1. The van der Waals surface area contributed by atoms with E-state index in [2.05, 4.69) is 10.3 Å². The molecule has 0 saturated carbocycles. The van der Waals surface area contributed by atoms with Crippen molar-refractivity contribution in [2.75, 3.05) is 12.4 Å². The summed E-state index contributed by atoms with van der Waals surface area (Å²) >= 11 is 1.55. The topological polar surface area (TPSA) is 71.5 Å². The van der Waals surface area contributed by atoms with Crippen LogP contribution in [-0.2, 0) is 0 Å². The van der Waals surface area contributed by atoms with Gasteiger partial charge in [0.05, 0.1) is 18.4 Å². The summed E-state index contributed by atoms with van der Waals surface area (Å²) in [5.41, 5.74) is 3.01. The molecule has 24 heavy (non-hydrogen) atoms. The number of aryl methyl sites for hydroxylation is 1. The Kier molecular flexibility index (Phi) is 4.48. The summed E-state index contributed by atoms with van der Waals surface area (Å²) in [6.45, 7) is 2.02. The smallest absolute Gasteiger partial charge is 0.335 e. The number of methoxy groups -OCH3 is 1. The highest BCUT2D eigenvalue weighted by molar-refractivity contribution is 7.16. The van der Waals surface area contributed by atoms with Crippen LogP contribution in [0.25, 0.3) is 11.3 Å². The molecule has 0 amide bonds. The molecule has 1 heterocycles. The minimum absolute atomic E-state index is 0.259. The van der Waals surface area contributed by atoms with Crippen molar-refractivity contribution < 1.29 is 14.6 Å². The van der Waals surface area contributed by atoms with Crippen molar-refractivity contribution in [1.82, 2.24) is 4.98 Å². The molecule has 0 bridgehead atoms. The maximum absolute atomic E-state index is 10.9. The maximum Gasteiger partial charge on any atom is 0.335 e. The van der Waals surface area contributed by atoms with Gasteiger partial charge in [0.25, 0.3) is 0 Å². The maximum atomic E-state index is 10.9. The van der Waals surface area contributed by atoms with E-state index < -0.39 is 5.97 Å². The molecule has 0 spiro atoms. The molecule has 2 aromatic carbocycles. The number of aromatic carboxylic acids is 1. The molecule has 122 valence electrons. The van der Waals surface area contributed by atoms with Gasteiger partial charge in [-0.1, -0.05) is 0 Å². The van der Waals surface area contributed by atoms with Gasteiger partial charge in [-0.2, -0.15) is 0 Å². The number of hydrogen-bond acceptors (Lipinski definition) is 5. The van der Waals surface area contributed by atoms with Crippen molar-refractivity contribution >= 4 is 28.1 Å². The predicted molar refractivity (Wildman–Crippen MR) is 95.5 cm³/mol. The first-order valence-electron chi connectivity index (χ1n) is 7.29. The van der Waals surface area contributed by atoms with Gasteiger partial charge in [0.1, 0.15) is 5.75 Å². The molecule has 0 aliphatic rings. The number of thiazole rings is 1. The van der Waals surface area contributed by atoms with Gasteiger partial charge in [0, 0.05) is 16.1 Å². The normalized spacial score (nSPS) is 10.4. The van der Waals surface area contributed by atoms with Crippen LogP contribution in [0.2, 0.25) is 0 Å². The van der Waals surface area contributed by atoms with E-state index in [9.17, 15) is 4.79 Å². The third-order valence-corrected chi connectivity index (χ3v) is 4.43. The van der Waals surface area contributed by atoms with Gasteiger partial charge < -0.3 is 15.2 Å². The highest BCUT2D eigenvalue weighted by Crippen LogP contribution is 2.32. The third-order valence-electron chi connectivity index (χ3n) is 3.54. The Hall–Kier alpha value is -2.86. The Morgan fingerprint density at radius 3 is 2.38 bits per heavy atom. The number of benzene rings is 2. The Labute approximate surface area is 143 Å². The summed E-state index contributed by atoms with van der Waals surface area (Å²) in [6.07, 6.45) is 0. The van der Waals surface area contributed by atoms with Crippen LogP contribution in [0.1, 0.15) is 15.2 Å². The number of hydrogen-bond donors (Lipinski definition) is 2. The quantitative estimate of drug-likeness (QED) is 0.712. The van der Waals surface area contributed by atoms with Crippen molar-refractivity contribution in [2.45, 2.75) is 6.92 Å². The Balaban J connectivity index is 1.81. The Bertz CT molecular complexity index is 855. The molecule has 0 saturated heterocycles. The average Bonchev–Trinajstić information content (AvgIpc) is 2.95. The molecule has 6 heteroatoms. The molecule has 2 N–H and O–H groups in total. The third kappa shape index (κ3) is 3.38. The number of aromatic nitrogens is 1. The molecular weight excluding hydrogens is 324 g/mol. The molecule has 0 unspecified atom stereocenters. The lowest BCUT2D eigenvalue weighted by molar-refractivity contribution is 0.0697. The number of nitrogens with one attached hydrogen (secondary N) is 1. The van der Waals surface area contributed by atoms with Crippen LogP contribution in [0.3, 0.4) is 0 Å². The van der Waals surface area contributed by atoms with Crippen molar-refractivity contribution in [3.8, 4) is 17.0 Å². The van der Waals surface area contributed by atoms with E-state index in [-0.39, 0.29) is 5.56 Å². The average molecular weight is 340 g/mol. The van der Waals surface area contributed by atoms with Crippen LogP contribution in [0.5, 0.6) is 5.75 Å². The zero-order chi connectivity index (χ0) is 17.1. The van der Waals surface area contributed by atoms with E-state index in [1.54, 1.807) is 42.7 Å². The van der Waals surface area contributed by atoms with Crippen molar-refractivity contribution in [3.63, 3.8) is 0 Å². The van der Waals surface area contributed by atoms with Gasteiger partial charge in [-0.15, -0.1) is 11.3 Å². The van der Waals surface area contributed by atoms with Gasteiger partial charge in [-0.05, 0) is 55.5 Å². The molecule has 3 aromatic rings. The Morgan fingerprint density at radius 2 is 1.79 bits per heavy atom. The van der Waals surface area contributed by atoms with E-state index in [1.807, 2.05) is 31.2 Å². The fourth-order valence-corrected chi connectivity index (χ4v) is 3.14. The number of anilines is 2. The molecular formula is C18H16N2O3S. The second-order valence-electron chi connectivity index (χ2n) is 5.16. The number of ether oxygens (including phenoxy) is 1. The summed E-state index contributed by atoms with van der Waals surface area (Å²) in [7, 11) is 1.64. The highest BCUT2D eigenvalue weighted by Gasteiger charge is 2.10. The Morgan fingerprint density at radius 1 is 1.12 bits per heavy atom. The number of rotatable bonds is 5. The molecule has 5 nitrogen and oxygen atoms in total. The van der Waals surface area contributed by atoms with Gasteiger partial charge in [-0.25, -0.2) is 9.78 Å². The largest absolute Gasteiger partial charge is 0.497 e. The fourth-order valence-electron chi connectivity index (χ4n) is 2.29. The number of carboxylic acids is 1. The molecule has 0 fully saturated rings. The first kappa shape index (κ1) is 16.0. The second-order valence-corrected chi connectivity index (χ2v) is 6.36. The highest BCUT2D eigenvalue weighted by atomic mass is 32.1. The molecule has 0 aliphatic carbocycles. The van der Waals surface area contributed by atoms with Crippen molar-refractivity contribution in [1.29, 1.82) is 0 Å². The minimum atomic E-state index is -0.937. The molecule has 0 aliphatic heterocycles. The fraction of sp³-hybridized carbons (Fsp3) is 0.111.